The second kappa shape index (κ2) is 8.08. The minimum Gasteiger partial charge on any atom is -0.462 e. The zero-order valence-electron chi connectivity index (χ0n) is 16.4. The zero-order chi connectivity index (χ0) is 20.3. The van der Waals surface area contributed by atoms with Gasteiger partial charge in [-0.2, -0.15) is 5.10 Å². The van der Waals surface area contributed by atoms with Crippen LogP contribution in [0.5, 0.6) is 0 Å². The third-order valence-electron chi connectivity index (χ3n) is 4.52. The molecule has 3 aromatic rings. The lowest BCUT2D eigenvalue weighted by atomic mass is 10.1. The molecule has 0 unspecified atom stereocenters. The molecule has 8 heteroatoms. The van der Waals surface area contributed by atoms with Gasteiger partial charge in [-0.05, 0) is 43.5 Å². The second-order valence-corrected chi connectivity index (χ2v) is 6.41. The van der Waals surface area contributed by atoms with Crippen LogP contribution in [0, 0.1) is 13.8 Å². The van der Waals surface area contributed by atoms with E-state index in [0.29, 0.717) is 29.9 Å². The van der Waals surface area contributed by atoms with E-state index in [9.17, 15) is 9.59 Å². The highest BCUT2D eigenvalue weighted by atomic mass is 16.5. The molecule has 1 aromatic carbocycles. The van der Waals surface area contributed by atoms with Crippen LogP contribution in [0.2, 0.25) is 0 Å². The van der Waals surface area contributed by atoms with Crippen LogP contribution in [0.3, 0.4) is 0 Å². The molecule has 0 radical (unpaired) electrons. The average molecular weight is 381 g/mol. The predicted molar refractivity (Wildman–Crippen MR) is 106 cm³/mol. The van der Waals surface area contributed by atoms with Gasteiger partial charge in [0.25, 0.3) is 0 Å². The highest BCUT2D eigenvalue weighted by Crippen LogP contribution is 2.27. The maximum atomic E-state index is 12.2. The Morgan fingerprint density at radius 1 is 1.25 bits per heavy atom. The van der Waals surface area contributed by atoms with E-state index in [1.54, 1.807) is 24.7 Å². The summed E-state index contributed by atoms with van der Waals surface area (Å²) < 4.78 is 6.73. The summed E-state index contributed by atoms with van der Waals surface area (Å²) in [6, 6.07) is 5.80. The number of carbonyl (C=O) groups excluding carboxylic acids is 2. The molecule has 0 spiro atoms. The molecule has 0 atom stereocenters. The quantitative estimate of drug-likeness (QED) is 0.637. The van der Waals surface area contributed by atoms with Crippen molar-refractivity contribution in [2.24, 2.45) is 0 Å². The van der Waals surface area contributed by atoms with Gasteiger partial charge in [0.1, 0.15) is 11.8 Å². The van der Waals surface area contributed by atoms with Crippen LogP contribution in [0.25, 0.3) is 5.52 Å². The highest BCUT2D eigenvalue weighted by molar-refractivity contribution is 5.95. The van der Waals surface area contributed by atoms with E-state index in [-0.39, 0.29) is 11.9 Å². The largest absolute Gasteiger partial charge is 0.462 e. The Balaban J connectivity index is 2.00. The molecule has 8 nitrogen and oxygen atoms in total. The van der Waals surface area contributed by atoms with Crippen LogP contribution in [0.4, 0.5) is 11.5 Å². The van der Waals surface area contributed by atoms with Crippen molar-refractivity contribution < 1.29 is 14.3 Å². The monoisotopic (exact) mass is 381 g/mol. The molecule has 3 rings (SSSR count). The smallest absolute Gasteiger partial charge is 0.340 e. The third-order valence-corrected chi connectivity index (χ3v) is 4.52. The zero-order valence-corrected chi connectivity index (χ0v) is 16.4. The molecule has 1 amide bonds. The Labute approximate surface area is 162 Å². The normalized spacial score (nSPS) is 10.7. The number of rotatable bonds is 6. The van der Waals surface area contributed by atoms with Gasteiger partial charge in [-0.1, -0.05) is 12.1 Å². The number of nitrogens with one attached hydrogen (secondary N) is 2. The minimum atomic E-state index is -0.389. The number of nitrogens with zero attached hydrogens (tertiary/aromatic N) is 3. The topological polar surface area (TPSA) is 97.6 Å². The maximum absolute atomic E-state index is 12.2. The van der Waals surface area contributed by atoms with Gasteiger partial charge in [-0.25, -0.2) is 14.3 Å². The van der Waals surface area contributed by atoms with Gasteiger partial charge in [0.2, 0.25) is 5.91 Å². The van der Waals surface area contributed by atoms with E-state index in [2.05, 4.69) is 20.7 Å². The van der Waals surface area contributed by atoms with Crippen molar-refractivity contribution in [3.8, 4) is 0 Å². The first-order chi connectivity index (χ1) is 13.4. The Bertz CT molecular complexity index is 1040. The summed E-state index contributed by atoms with van der Waals surface area (Å²) in [5, 5.41) is 10.1. The fourth-order valence-electron chi connectivity index (χ4n) is 2.98. The summed E-state index contributed by atoms with van der Waals surface area (Å²) in [4.78, 5) is 28.2. The van der Waals surface area contributed by atoms with E-state index in [1.807, 2.05) is 32.0 Å². The average Bonchev–Trinajstić information content (AvgIpc) is 3.02. The number of esters is 1. The Morgan fingerprint density at radius 3 is 2.75 bits per heavy atom. The van der Waals surface area contributed by atoms with Crippen molar-refractivity contribution in [1.82, 2.24) is 19.9 Å². The molecule has 0 saturated heterocycles. The number of benzene rings is 1. The molecule has 0 saturated carbocycles. The van der Waals surface area contributed by atoms with E-state index in [0.717, 1.165) is 22.4 Å². The van der Waals surface area contributed by atoms with Crippen LogP contribution < -0.4 is 10.6 Å². The predicted octanol–water partition coefficient (Wildman–Crippen LogP) is 2.55. The number of aromatic nitrogens is 3. The van der Waals surface area contributed by atoms with Gasteiger partial charge in [0.05, 0.1) is 18.6 Å². The number of anilines is 2. The number of carbonyl (C=O) groups is 2. The molecular weight excluding hydrogens is 358 g/mol. The fourth-order valence-corrected chi connectivity index (χ4v) is 2.98. The van der Waals surface area contributed by atoms with Crippen molar-refractivity contribution in [1.29, 1.82) is 0 Å². The van der Waals surface area contributed by atoms with Crippen molar-refractivity contribution in [3.63, 3.8) is 0 Å². The second-order valence-electron chi connectivity index (χ2n) is 6.41. The van der Waals surface area contributed by atoms with E-state index < -0.39 is 0 Å². The summed E-state index contributed by atoms with van der Waals surface area (Å²) in [5.41, 5.74) is 4.61. The van der Waals surface area contributed by atoms with Crippen LogP contribution in [0.1, 0.15) is 34.0 Å². The van der Waals surface area contributed by atoms with Crippen LogP contribution >= 0.6 is 0 Å². The Kier molecular flexibility index (Phi) is 5.58. The molecular formula is C20H23N5O3. The lowest BCUT2D eigenvalue weighted by Gasteiger charge is -2.12. The number of likely N-dealkylation sites (N-methyl/N-ethyl adjacent to an activating group) is 1. The third kappa shape index (κ3) is 3.80. The van der Waals surface area contributed by atoms with Crippen molar-refractivity contribution in [2.45, 2.75) is 27.2 Å². The first kappa shape index (κ1) is 19.3. The minimum absolute atomic E-state index is 0.0549. The lowest BCUT2D eigenvalue weighted by molar-refractivity contribution is -0.119. The van der Waals surface area contributed by atoms with Gasteiger partial charge in [-0.15, -0.1) is 0 Å². The highest BCUT2D eigenvalue weighted by Gasteiger charge is 2.19. The maximum Gasteiger partial charge on any atom is 0.340 e. The van der Waals surface area contributed by atoms with Crippen LogP contribution in [-0.4, -0.2) is 40.1 Å². The number of ether oxygens (including phenoxy) is 1. The number of fused-ring (bicyclic) bond motifs is 1. The summed E-state index contributed by atoms with van der Waals surface area (Å²) in [7, 11) is 1.61. The molecule has 0 bridgehead atoms. The number of aryl methyl sites for hydroxylation is 2. The van der Waals surface area contributed by atoms with Crippen LogP contribution in [0.15, 0.2) is 30.7 Å². The summed E-state index contributed by atoms with van der Waals surface area (Å²) in [6.45, 7) is 5.88. The van der Waals surface area contributed by atoms with Crippen molar-refractivity contribution >= 4 is 28.9 Å². The molecule has 146 valence electrons. The van der Waals surface area contributed by atoms with Gasteiger partial charge in [0.15, 0.2) is 5.82 Å². The molecule has 2 N–H and O–H groups in total. The van der Waals surface area contributed by atoms with Gasteiger partial charge in [0, 0.05) is 18.9 Å². The molecule has 0 fully saturated rings. The van der Waals surface area contributed by atoms with Gasteiger partial charge in [-0.3, -0.25) is 4.79 Å². The summed E-state index contributed by atoms with van der Waals surface area (Å²) in [6.07, 6.45) is 3.36. The first-order valence-electron chi connectivity index (χ1n) is 9.01. The van der Waals surface area contributed by atoms with Crippen molar-refractivity contribution in [3.05, 3.63) is 53.0 Å². The van der Waals surface area contributed by atoms with E-state index in [4.69, 9.17) is 4.74 Å². The van der Waals surface area contributed by atoms with E-state index >= 15 is 0 Å². The van der Waals surface area contributed by atoms with Crippen LogP contribution in [-0.2, 0) is 16.0 Å². The van der Waals surface area contributed by atoms with E-state index in [1.165, 1.54) is 6.33 Å². The summed E-state index contributed by atoms with van der Waals surface area (Å²) >= 11 is 0. The summed E-state index contributed by atoms with van der Waals surface area (Å²) in [5.74, 6) is 0.129. The molecule has 2 aromatic heterocycles. The number of amides is 1. The lowest BCUT2D eigenvalue weighted by Crippen LogP contribution is -2.19. The van der Waals surface area contributed by atoms with Gasteiger partial charge >= 0.3 is 5.97 Å². The van der Waals surface area contributed by atoms with Gasteiger partial charge < -0.3 is 15.4 Å². The molecule has 28 heavy (non-hydrogen) atoms. The first-order valence-corrected chi connectivity index (χ1v) is 9.01. The van der Waals surface area contributed by atoms with Crippen molar-refractivity contribution in [2.75, 3.05) is 19.0 Å². The SMILES string of the molecule is CCOC(=O)c1cn2ncnc(Nc3cc(CC(=O)NC)ccc3C)c2c1C. The number of hydrogen-bond acceptors (Lipinski definition) is 6. The molecule has 0 aliphatic rings. The molecule has 0 aliphatic carbocycles. The fraction of sp³-hybridized carbons (Fsp3) is 0.300. The number of hydrogen-bond donors (Lipinski definition) is 2. The molecule has 0 aliphatic heterocycles. The Morgan fingerprint density at radius 2 is 2.04 bits per heavy atom. The molecule has 2 heterocycles. The Hall–Kier alpha value is -3.42. The standard InChI is InChI=1S/C20H23N5O3/c1-5-28-20(27)15-10-25-18(13(15)3)19(22-11-23-25)24-16-8-14(7-6-12(16)2)9-17(26)21-4/h6-8,10-11H,5,9H2,1-4H3,(H,21,26)(H,22,23,24).